The fourth-order valence-electron chi connectivity index (χ4n) is 2.90. The zero-order valence-electron chi connectivity index (χ0n) is 13.4. The smallest absolute Gasteiger partial charge is 0.136 e. The molecule has 1 aromatic rings. The van der Waals surface area contributed by atoms with Gasteiger partial charge in [0.15, 0.2) is 0 Å². The maximum atomic E-state index is 6.27. The first-order valence-electron chi connectivity index (χ1n) is 7.55. The molecule has 1 aliphatic heterocycles. The van der Waals surface area contributed by atoms with Crippen molar-refractivity contribution < 1.29 is 9.47 Å². The van der Waals surface area contributed by atoms with E-state index >= 15 is 0 Å². The minimum atomic E-state index is -0.146. The van der Waals surface area contributed by atoms with Crippen LogP contribution in [0, 0.1) is 11.8 Å². The van der Waals surface area contributed by atoms with E-state index in [0.29, 0.717) is 11.8 Å². The van der Waals surface area contributed by atoms with Gasteiger partial charge in [-0.05, 0) is 66.6 Å². The fourth-order valence-corrected chi connectivity index (χ4v) is 3.45. The number of hydrogen-bond acceptors (Lipinski definition) is 2. The molecule has 0 aliphatic carbocycles. The highest BCUT2D eigenvalue weighted by atomic mass is 79.9. The highest BCUT2D eigenvalue weighted by Gasteiger charge is 2.37. The summed E-state index contributed by atoms with van der Waals surface area (Å²) >= 11 is 3.56. The summed E-state index contributed by atoms with van der Waals surface area (Å²) in [5.74, 6) is 2.86. The molecule has 3 heteroatoms. The molecule has 0 aromatic heterocycles. The Morgan fingerprint density at radius 2 is 2.24 bits per heavy atom. The van der Waals surface area contributed by atoms with Crippen molar-refractivity contribution in [2.45, 2.75) is 45.6 Å². The predicted molar refractivity (Wildman–Crippen MR) is 91.2 cm³/mol. The van der Waals surface area contributed by atoms with Gasteiger partial charge in [-0.3, -0.25) is 0 Å². The van der Waals surface area contributed by atoms with Crippen molar-refractivity contribution >= 4 is 15.9 Å². The Balaban J connectivity index is 2.21. The van der Waals surface area contributed by atoms with Crippen LogP contribution in [-0.2, 0) is 6.42 Å². The highest BCUT2D eigenvalue weighted by Crippen LogP contribution is 2.43. The Morgan fingerprint density at radius 3 is 2.86 bits per heavy atom. The zero-order valence-corrected chi connectivity index (χ0v) is 15.0. The third-order valence-corrected chi connectivity index (χ3v) is 5.15. The summed E-state index contributed by atoms with van der Waals surface area (Å²) in [6.07, 6.45) is 5.40. The zero-order chi connectivity index (χ0) is 15.6. The lowest BCUT2D eigenvalue weighted by atomic mass is 9.78. The van der Waals surface area contributed by atoms with E-state index in [1.165, 1.54) is 5.56 Å². The molecule has 1 aliphatic rings. The summed E-state index contributed by atoms with van der Waals surface area (Å²) in [7, 11) is 1.68. The molecule has 116 valence electrons. The third kappa shape index (κ3) is 3.63. The summed E-state index contributed by atoms with van der Waals surface area (Å²) in [6, 6.07) is 4.12. The van der Waals surface area contributed by atoms with Gasteiger partial charge >= 0.3 is 0 Å². The molecule has 0 N–H and O–H groups in total. The standard InChI is InChI=1S/C18H25BrO2/c1-6-12(2)7-8-14-9-13-10-15(19)17(20-5)11-16(13)21-18(14,3)4/h6,10-12,14H,1,7-9H2,2-5H3/t12-,14?/m1/s1. The van der Waals surface area contributed by atoms with E-state index in [9.17, 15) is 0 Å². The van der Waals surface area contributed by atoms with E-state index in [2.05, 4.69) is 49.3 Å². The van der Waals surface area contributed by atoms with E-state index in [1.807, 2.05) is 12.1 Å². The van der Waals surface area contributed by atoms with Crippen LogP contribution in [-0.4, -0.2) is 12.7 Å². The molecule has 0 spiro atoms. The molecule has 1 heterocycles. The van der Waals surface area contributed by atoms with E-state index in [-0.39, 0.29) is 5.60 Å². The molecule has 2 rings (SSSR count). The number of fused-ring (bicyclic) bond motifs is 1. The van der Waals surface area contributed by atoms with Crippen LogP contribution in [0.2, 0.25) is 0 Å². The number of hydrogen-bond donors (Lipinski definition) is 0. The van der Waals surface area contributed by atoms with Crippen LogP contribution in [0.1, 0.15) is 39.2 Å². The molecular weight excluding hydrogens is 328 g/mol. The first kappa shape index (κ1) is 16.4. The summed E-state index contributed by atoms with van der Waals surface area (Å²) < 4.78 is 12.6. The minimum Gasteiger partial charge on any atom is -0.495 e. The van der Waals surface area contributed by atoms with Crippen LogP contribution >= 0.6 is 15.9 Å². The molecule has 21 heavy (non-hydrogen) atoms. The average Bonchev–Trinajstić information content (AvgIpc) is 2.44. The summed E-state index contributed by atoms with van der Waals surface area (Å²) in [6.45, 7) is 10.5. The topological polar surface area (TPSA) is 18.5 Å². The Kier molecular flexibility index (Phi) is 5.03. The second-order valence-electron chi connectivity index (χ2n) is 6.49. The highest BCUT2D eigenvalue weighted by molar-refractivity contribution is 9.10. The van der Waals surface area contributed by atoms with Gasteiger partial charge in [-0.15, -0.1) is 6.58 Å². The van der Waals surface area contributed by atoms with E-state index in [1.54, 1.807) is 7.11 Å². The molecule has 0 bridgehead atoms. The molecule has 1 unspecified atom stereocenters. The first-order chi connectivity index (χ1) is 9.87. The molecule has 2 nitrogen and oxygen atoms in total. The van der Waals surface area contributed by atoms with Crippen molar-refractivity contribution in [3.63, 3.8) is 0 Å². The molecule has 0 radical (unpaired) electrons. The largest absolute Gasteiger partial charge is 0.495 e. The molecule has 0 fully saturated rings. The lowest BCUT2D eigenvalue weighted by Crippen LogP contribution is -2.42. The number of ether oxygens (including phenoxy) is 2. The molecule has 0 saturated carbocycles. The number of methoxy groups -OCH3 is 1. The van der Waals surface area contributed by atoms with E-state index < -0.39 is 0 Å². The van der Waals surface area contributed by atoms with E-state index in [4.69, 9.17) is 9.47 Å². The van der Waals surface area contributed by atoms with Gasteiger partial charge in [0, 0.05) is 12.0 Å². The van der Waals surface area contributed by atoms with Crippen molar-refractivity contribution in [3.05, 3.63) is 34.8 Å². The van der Waals surface area contributed by atoms with Gasteiger partial charge in [-0.1, -0.05) is 13.0 Å². The Morgan fingerprint density at radius 1 is 1.52 bits per heavy atom. The van der Waals surface area contributed by atoms with Gasteiger partial charge in [0.2, 0.25) is 0 Å². The monoisotopic (exact) mass is 352 g/mol. The van der Waals surface area contributed by atoms with Crippen molar-refractivity contribution in [1.29, 1.82) is 0 Å². The number of allylic oxidation sites excluding steroid dienone is 1. The molecular formula is C18H25BrO2. The second-order valence-corrected chi connectivity index (χ2v) is 7.35. The first-order valence-corrected chi connectivity index (χ1v) is 8.34. The second kappa shape index (κ2) is 6.43. The van der Waals surface area contributed by atoms with Crippen LogP contribution < -0.4 is 9.47 Å². The van der Waals surface area contributed by atoms with Crippen molar-refractivity contribution in [2.24, 2.45) is 11.8 Å². The number of rotatable bonds is 5. The lowest BCUT2D eigenvalue weighted by Gasteiger charge is -2.40. The maximum Gasteiger partial charge on any atom is 0.136 e. The van der Waals surface area contributed by atoms with Gasteiger partial charge in [0.1, 0.15) is 17.1 Å². The maximum absolute atomic E-state index is 6.27. The van der Waals surface area contributed by atoms with Crippen molar-refractivity contribution in [3.8, 4) is 11.5 Å². The summed E-state index contributed by atoms with van der Waals surface area (Å²) in [5, 5.41) is 0. The van der Waals surface area contributed by atoms with Gasteiger partial charge in [0.25, 0.3) is 0 Å². The van der Waals surface area contributed by atoms with Gasteiger partial charge in [-0.25, -0.2) is 0 Å². The van der Waals surface area contributed by atoms with Crippen LogP contribution in [0.3, 0.4) is 0 Å². The fraction of sp³-hybridized carbons (Fsp3) is 0.556. The number of benzene rings is 1. The molecule has 0 amide bonds. The predicted octanol–water partition coefficient (Wildman–Crippen LogP) is 5.39. The summed E-state index contributed by atoms with van der Waals surface area (Å²) in [5.41, 5.74) is 1.12. The molecule has 2 atom stereocenters. The summed E-state index contributed by atoms with van der Waals surface area (Å²) in [4.78, 5) is 0. The quantitative estimate of drug-likeness (QED) is 0.661. The lowest BCUT2D eigenvalue weighted by molar-refractivity contribution is 0.0206. The Bertz CT molecular complexity index is 522. The Hall–Kier alpha value is -0.960. The van der Waals surface area contributed by atoms with Gasteiger partial charge in [-0.2, -0.15) is 0 Å². The van der Waals surface area contributed by atoms with Crippen molar-refractivity contribution in [1.82, 2.24) is 0 Å². The van der Waals surface area contributed by atoms with Crippen LogP contribution in [0.5, 0.6) is 11.5 Å². The Labute approximate surface area is 136 Å². The average molecular weight is 353 g/mol. The third-order valence-electron chi connectivity index (χ3n) is 4.53. The van der Waals surface area contributed by atoms with Crippen LogP contribution in [0.4, 0.5) is 0 Å². The van der Waals surface area contributed by atoms with Gasteiger partial charge in [0.05, 0.1) is 11.6 Å². The van der Waals surface area contributed by atoms with Crippen LogP contribution in [0.15, 0.2) is 29.3 Å². The van der Waals surface area contributed by atoms with E-state index in [0.717, 1.165) is 35.2 Å². The SMILES string of the molecule is C=C[C@@H](C)CCC1Cc2cc(Br)c(OC)cc2OC1(C)C. The minimum absolute atomic E-state index is 0.146. The normalized spacial score (nSPS) is 21.1. The molecule has 0 saturated heterocycles. The van der Waals surface area contributed by atoms with Crippen molar-refractivity contribution in [2.75, 3.05) is 7.11 Å². The molecule has 1 aromatic carbocycles. The number of halogens is 1. The van der Waals surface area contributed by atoms with Gasteiger partial charge < -0.3 is 9.47 Å². The van der Waals surface area contributed by atoms with Crippen LogP contribution in [0.25, 0.3) is 0 Å².